The van der Waals surface area contributed by atoms with Crippen molar-refractivity contribution in [1.29, 1.82) is 0 Å². The monoisotopic (exact) mass is 349 g/mol. The third-order valence-electron chi connectivity index (χ3n) is 3.76. The van der Waals surface area contributed by atoms with Crippen LogP contribution in [-0.2, 0) is 11.3 Å². The van der Waals surface area contributed by atoms with E-state index in [-0.39, 0.29) is 6.04 Å². The van der Waals surface area contributed by atoms with Crippen LogP contribution in [0, 0.1) is 0 Å². The summed E-state index contributed by atoms with van der Waals surface area (Å²) in [6, 6.07) is 7.55. The largest absolute Gasteiger partial charge is 0.480 e. The molecule has 1 saturated heterocycles. The average molecular weight is 350 g/mol. The molecule has 1 N–H and O–H groups in total. The minimum absolute atomic E-state index is 0.360. The van der Waals surface area contributed by atoms with Crippen LogP contribution in [0.1, 0.15) is 18.4 Å². The SMILES string of the molecule is O=C(O)[C@@H]1CCCN1Cc1cnn(-c2ccc(Br)cc2)c1. The first-order chi connectivity index (χ1) is 10.1. The van der Waals surface area contributed by atoms with Gasteiger partial charge in [0.2, 0.25) is 0 Å². The molecule has 0 bridgehead atoms. The van der Waals surface area contributed by atoms with Crippen LogP contribution in [0.4, 0.5) is 0 Å². The third-order valence-corrected chi connectivity index (χ3v) is 4.29. The lowest BCUT2D eigenvalue weighted by Gasteiger charge is -2.19. The van der Waals surface area contributed by atoms with Crippen molar-refractivity contribution in [2.75, 3.05) is 6.54 Å². The Hall–Kier alpha value is -1.66. The average Bonchev–Trinajstić information content (AvgIpc) is 3.09. The second kappa shape index (κ2) is 5.99. The fourth-order valence-electron chi connectivity index (χ4n) is 2.71. The van der Waals surface area contributed by atoms with Crippen LogP contribution in [0.5, 0.6) is 0 Å². The zero-order valence-corrected chi connectivity index (χ0v) is 13.0. The van der Waals surface area contributed by atoms with Crippen molar-refractivity contribution in [3.05, 3.63) is 46.7 Å². The molecule has 0 radical (unpaired) electrons. The van der Waals surface area contributed by atoms with Crippen LogP contribution in [0.2, 0.25) is 0 Å². The molecule has 3 rings (SSSR count). The molecule has 5 nitrogen and oxygen atoms in total. The molecule has 1 aromatic carbocycles. The lowest BCUT2D eigenvalue weighted by molar-refractivity contribution is -0.142. The second-order valence-corrected chi connectivity index (χ2v) is 6.15. The second-order valence-electron chi connectivity index (χ2n) is 5.24. The Morgan fingerprint density at radius 3 is 2.86 bits per heavy atom. The highest BCUT2D eigenvalue weighted by atomic mass is 79.9. The number of halogens is 1. The minimum atomic E-state index is -0.729. The number of carboxylic acids is 1. The lowest BCUT2D eigenvalue weighted by Crippen LogP contribution is -2.35. The summed E-state index contributed by atoms with van der Waals surface area (Å²) in [6.45, 7) is 1.47. The number of rotatable bonds is 4. The summed E-state index contributed by atoms with van der Waals surface area (Å²) >= 11 is 3.41. The summed E-state index contributed by atoms with van der Waals surface area (Å²) < 4.78 is 2.84. The summed E-state index contributed by atoms with van der Waals surface area (Å²) in [5.74, 6) is -0.729. The molecule has 1 aliphatic rings. The molecule has 0 aliphatic carbocycles. The molecular weight excluding hydrogens is 334 g/mol. The van der Waals surface area contributed by atoms with Gasteiger partial charge in [0.1, 0.15) is 6.04 Å². The van der Waals surface area contributed by atoms with Crippen LogP contribution in [0.25, 0.3) is 5.69 Å². The van der Waals surface area contributed by atoms with Gasteiger partial charge in [-0.05, 0) is 43.7 Å². The summed E-state index contributed by atoms with van der Waals surface area (Å²) in [7, 11) is 0. The highest BCUT2D eigenvalue weighted by Gasteiger charge is 2.30. The van der Waals surface area contributed by atoms with Gasteiger partial charge in [-0.25, -0.2) is 4.68 Å². The van der Waals surface area contributed by atoms with Gasteiger partial charge < -0.3 is 5.11 Å². The van der Waals surface area contributed by atoms with E-state index in [1.165, 1.54) is 0 Å². The Balaban J connectivity index is 1.73. The number of aromatic nitrogens is 2. The summed E-state index contributed by atoms with van der Waals surface area (Å²) in [4.78, 5) is 13.2. The minimum Gasteiger partial charge on any atom is -0.480 e. The zero-order chi connectivity index (χ0) is 14.8. The van der Waals surface area contributed by atoms with Crippen molar-refractivity contribution in [3.8, 4) is 5.69 Å². The van der Waals surface area contributed by atoms with Gasteiger partial charge in [0.25, 0.3) is 0 Å². The van der Waals surface area contributed by atoms with Crippen LogP contribution < -0.4 is 0 Å². The maximum absolute atomic E-state index is 11.2. The normalized spacial score (nSPS) is 19.0. The van der Waals surface area contributed by atoms with Gasteiger partial charge in [-0.1, -0.05) is 15.9 Å². The molecule has 0 unspecified atom stereocenters. The fourth-order valence-corrected chi connectivity index (χ4v) is 2.97. The standard InChI is InChI=1S/C15H16BrN3O2/c16-12-3-5-13(6-4-12)19-10-11(8-17-19)9-18-7-1-2-14(18)15(20)21/h3-6,8,10,14H,1-2,7,9H2,(H,20,21)/t14-/m0/s1. The quantitative estimate of drug-likeness (QED) is 0.921. The van der Waals surface area contributed by atoms with E-state index in [0.717, 1.165) is 35.1 Å². The van der Waals surface area contributed by atoms with Crippen LogP contribution in [-0.4, -0.2) is 38.3 Å². The number of aliphatic carboxylic acids is 1. The van der Waals surface area contributed by atoms with Crippen molar-refractivity contribution in [3.63, 3.8) is 0 Å². The summed E-state index contributed by atoms with van der Waals surface area (Å²) in [5.41, 5.74) is 2.02. The van der Waals surface area contributed by atoms with E-state index in [1.807, 2.05) is 40.0 Å². The maximum Gasteiger partial charge on any atom is 0.320 e. The topological polar surface area (TPSA) is 58.4 Å². The summed E-state index contributed by atoms with van der Waals surface area (Å²) in [5, 5.41) is 13.6. The lowest BCUT2D eigenvalue weighted by atomic mass is 10.2. The van der Waals surface area contributed by atoms with E-state index in [9.17, 15) is 9.90 Å². The highest BCUT2D eigenvalue weighted by molar-refractivity contribution is 9.10. The van der Waals surface area contributed by atoms with Gasteiger partial charge in [-0.3, -0.25) is 9.69 Å². The van der Waals surface area contributed by atoms with E-state index in [1.54, 1.807) is 6.20 Å². The molecule has 1 atom stereocenters. The van der Waals surface area contributed by atoms with E-state index in [2.05, 4.69) is 21.0 Å². The molecule has 6 heteroatoms. The van der Waals surface area contributed by atoms with Gasteiger partial charge in [0, 0.05) is 22.8 Å². The van der Waals surface area contributed by atoms with E-state index in [4.69, 9.17) is 0 Å². The molecule has 0 amide bonds. The highest BCUT2D eigenvalue weighted by Crippen LogP contribution is 2.21. The van der Waals surface area contributed by atoms with Crippen molar-refractivity contribution >= 4 is 21.9 Å². The molecule has 2 aromatic rings. The molecule has 2 heterocycles. The number of hydrogen-bond acceptors (Lipinski definition) is 3. The van der Waals surface area contributed by atoms with Crippen molar-refractivity contribution in [2.24, 2.45) is 0 Å². The maximum atomic E-state index is 11.2. The van der Waals surface area contributed by atoms with Gasteiger partial charge >= 0.3 is 5.97 Å². The molecular formula is C15H16BrN3O2. The summed E-state index contributed by atoms with van der Waals surface area (Å²) in [6.07, 6.45) is 5.44. The fraction of sp³-hybridized carbons (Fsp3) is 0.333. The van der Waals surface area contributed by atoms with Gasteiger partial charge in [-0.15, -0.1) is 0 Å². The molecule has 1 fully saturated rings. The van der Waals surface area contributed by atoms with Crippen LogP contribution >= 0.6 is 15.9 Å². The number of hydrogen-bond donors (Lipinski definition) is 1. The van der Waals surface area contributed by atoms with E-state index in [0.29, 0.717) is 6.54 Å². The Kier molecular flexibility index (Phi) is 4.07. The van der Waals surface area contributed by atoms with E-state index < -0.39 is 5.97 Å². The molecule has 110 valence electrons. The zero-order valence-electron chi connectivity index (χ0n) is 11.4. The third kappa shape index (κ3) is 3.16. The Bertz CT molecular complexity index is 639. The molecule has 1 aromatic heterocycles. The van der Waals surface area contributed by atoms with Crippen LogP contribution in [0.3, 0.4) is 0 Å². The van der Waals surface area contributed by atoms with Crippen LogP contribution in [0.15, 0.2) is 41.1 Å². The van der Waals surface area contributed by atoms with E-state index >= 15 is 0 Å². The van der Waals surface area contributed by atoms with Gasteiger partial charge in [0.05, 0.1) is 11.9 Å². The van der Waals surface area contributed by atoms with Gasteiger partial charge in [-0.2, -0.15) is 5.10 Å². The Morgan fingerprint density at radius 2 is 2.14 bits per heavy atom. The molecule has 21 heavy (non-hydrogen) atoms. The predicted molar refractivity (Wildman–Crippen MR) is 82.3 cm³/mol. The van der Waals surface area contributed by atoms with Crippen molar-refractivity contribution in [1.82, 2.24) is 14.7 Å². The molecule has 0 spiro atoms. The number of nitrogens with zero attached hydrogens (tertiary/aromatic N) is 3. The number of carboxylic acid groups (broad SMARTS) is 1. The predicted octanol–water partition coefficient (Wildman–Crippen LogP) is 2.68. The molecule has 1 aliphatic heterocycles. The number of carbonyl (C=O) groups is 1. The number of benzene rings is 1. The Labute approximate surface area is 131 Å². The Morgan fingerprint density at radius 1 is 1.38 bits per heavy atom. The first kappa shape index (κ1) is 14.3. The van der Waals surface area contributed by atoms with Crippen molar-refractivity contribution in [2.45, 2.75) is 25.4 Å². The number of likely N-dealkylation sites (tertiary alicyclic amines) is 1. The first-order valence-electron chi connectivity index (χ1n) is 6.90. The van der Waals surface area contributed by atoms with Crippen molar-refractivity contribution < 1.29 is 9.90 Å². The van der Waals surface area contributed by atoms with Gasteiger partial charge in [0.15, 0.2) is 0 Å². The molecule has 0 saturated carbocycles. The first-order valence-corrected chi connectivity index (χ1v) is 7.69. The smallest absolute Gasteiger partial charge is 0.320 e.